The zero-order valence-corrected chi connectivity index (χ0v) is 21.2. The van der Waals surface area contributed by atoms with Crippen LogP contribution >= 0.6 is 7.75 Å². The summed E-state index contributed by atoms with van der Waals surface area (Å²) < 4.78 is 49.7. The number of aromatic nitrogens is 2. The number of halogens is 1. The van der Waals surface area contributed by atoms with Gasteiger partial charge in [0, 0.05) is 12.3 Å². The van der Waals surface area contributed by atoms with Gasteiger partial charge in [0.05, 0.1) is 18.8 Å². The lowest BCUT2D eigenvalue weighted by Crippen LogP contribution is -2.40. The van der Waals surface area contributed by atoms with Gasteiger partial charge < -0.3 is 19.1 Å². The smallest absolute Gasteiger partial charge is 0.459 e. The lowest BCUT2D eigenvalue weighted by molar-refractivity contribution is -0.149. The van der Waals surface area contributed by atoms with Crippen molar-refractivity contribution >= 4 is 13.7 Å². The molecular formula is C22H31FN3O9P. The SMILES string of the molecule is CC(C)OC(=O)[C@H](C)NP(=O)(OC[C@@H](O[C@H](CF)n1ccc(=O)[nH]c1=O)[C@H](C)O)Oc1ccccc1. The number of nitrogens with one attached hydrogen (secondary N) is 2. The van der Waals surface area contributed by atoms with Gasteiger partial charge in [0.25, 0.3) is 5.56 Å². The van der Waals surface area contributed by atoms with Crippen molar-refractivity contribution in [3.05, 3.63) is 63.4 Å². The molecule has 1 unspecified atom stereocenters. The molecule has 2 rings (SSSR count). The summed E-state index contributed by atoms with van der Waals surface area (Å²) in [6.45, 7) is 4.25. The van der Waals surface area contributed by atoms with E-state index >= 15 is 0 Å². The highest BCUT2D eigenvalue weighted by atomic mass is 31.2. The van der Waals surface area contributed by atoms with Crippen molar-refractivity contribution in [1.82, 2.24) is 14.6 Å². The molecule has 2 aromatic rings. The van der Waals surface area contributed by atoms with E-state index in [2.05, 4.69) is 5.09 Å². The quantitative estimate of drug-likeness (QED) is 0.243. The van der Waals surface area contributed by atoms with Gasteiger partial charge in [-0.3, -0.25) is 23.7 Å². The minimum Gasteiger partial charge on any atom is -0.462 e. The average Bonchev–Trinajstić information content (AvgIpc) is 2.79. The Morgan fingerprint density at radius 3 is 2.39 bits per heavy atom. The van der Waals surface area contributed by atoms with Gasteiger partial charge in [-0.05, 0) is 39.8 Å². The van der Waals surface area contributed by atoms with Crippen molar-refractivity contribution in [3.63, 3.8) is 0 Å². The number of esters is 1. The molecule has 5 atom stereocenters. The van der Waals surface area contributed by atoms with E-state index in [9.17, 15) is 28.4 Å². The molecule has 0 aliphatic carbocycles. The highest BCUT2D eigenvalue weighted by Gasteiger charge is 2.35. The van der Waals surface area contributed by atoms with Crippen LogP contribution in [0.1, 0.15) is 33.9 Å². The molecule has 1 heterocycles. The number of carbonyl (C=O) groups excluding carboxylic acids is 1. The van der Waals surface area contributed by atoms with E-state index in [4.69, 9.17) is 18.5 Å². The van der Waals surface area contributed by atoms with Gasteiger partial charge in [0.2, 0.25) is 0 Å². The van der Waals surface area contributed by atoms with Crippen LogP contribution in [0.4, 0.5) is 4.39 Å². The molecule has 0 amide bonds. The Labute approximate surface area is 206 Å². The largest absolute Gasteiger partial charge is 0.462 e. The second-order valence-corrected chi connectivity index (χ2v) is 9.77. The first kappa shape index (κ1) is 29.4. The molecule has 0 fully saturated rings. The highest BCUT2D eigenvalue weighted by Crippen LogP contribution is 2.45. The summed E-state index contributed by atoms with van der Waals surface area (Å²) in [5.74, 6) is -0.544. The molecule has 0 aliphatic rings. The van der Waals surface area contributed by atoms with Crippen LogP contribution in [0.2, 0.25) is 0 Å². The number of alkyl halides is 1. The van der Waals surface area contributed by atoms with E-state index in [-0.39, 0.29) is 5.75 Å². The van der Waals surface area contributed by atoms with Crippen LogP contribution < -0.4 is 20.9 Å². The third-order valence-electron chi connectivity index (χ3n) is 4.60. The first-order valence-corrected chi connectivity index (χ1v) is 12.7. The molecule has 1 aromatic heterocycles. The van der Waals surface area contributed by atoms with Crippen LogP contribution in [0.15, 0.2) is 52.2 Å². The Hall–Kier alpha value is -2.83. The Morgan fingerprint density at radius 2 is 1.83 bits per heavy atom. The fourth-order valence-electron chi connectivity index (χ4n) is 2.83. The predicted octanol–water partition coefficient (Wildman–Crippen LogP) is 1.90. The molecule has 0 bridgehead atoms. The normalized spacial score (nSPS) is 16.5. The number of aromatic amines is 1. The van der Waals surface area contributed by atoms with Crippen LogP contribution in [0.5, 0.6) is 5.75 Å². The van der Waals surface area contributed by atoms with E-state index in [1.54, 1.807) is 32.0 Å². The molecule has 0 radical (unpaired) electrons. The van der Waals surface area contributed by atoms with Crippen LogP contribution in [-0.4, -0.2) is 58.3 Å². The number of benzene rings is 1. The second-order valence-electron chi connectivity index (χ2n) is 8.08. The van der Waals surface area contributed by atoms with Crippen molar-refractivity contribution in [2.45, 2.75) is 58.3 Å². The van der Waals surface area contributed by atoms with Crippen molar-refractivity contribution in [1.29, 1.82) is 0 Å². The van der Waals surface area contributed by atoms with Crippen LogP contribution in [0.25, 0.3) is 0 Å². The fourth-order valence-corrected chi connectivity index (χ4v) is 4.33. The summed E-state index contributed by atoms with van der Waals surface area (Å²) >= 11 is 0. The average molecular weight is 531 g/mol. The Bertz CT molecular complexity index is 1140. The topological polar surface area (TPSA) is 158 Å². The van der Waals surface area contributed by atoms with Crippen LogP contribution in [0.3, 0.4) is 0 Å². The van der Waals surface area contributed by atoms with E-state index < -0.39 is 68.8 Å². The summed E-state index contributed by atoms with van der Waals surface area (Å²) in [6, 6.07) is 7.90. The van der Waals surface area contributed by atoms with Crippen molar-refractivity contribution in [2.75, 3.05) is 13.3 Å². The number of hydrogen-bond donors (Lipinski definition) is 3. The first-order chi connectivity index (χ1) is 16.9. The number of rotatable bonds is 14. The van der Waals surface area contributed by atoms with Crippen molar-refractivity contribution in [3.8, 4) is 5.75 Å². The lowest BCUT2D eigenvalue weighted by atomic mass is 10.2. The minimum atomic E-state index is -4.28. The fraction of sp³-hybridized carbons (Fsp3) is 0.500. The maximum Gasteiger partial charge on any atom is 0.459 e. The summed E-state index contributed by atoms with van der Waals surface area (Å²) in [5.41, 5.74) is -1.60. The molecule has 0 saturated heterocycles. The molecule has 200 valence electrons. The molecule has 14 heteroatoms. The number of carbonyl (C=O) groups is 1. The number of ether oxygens (including phenoxy) is 2. The van der Waals surface area contributed by atoms with E-state index in [1.165, 1.54) is 26.0 Å². The Kier molecular flexibility index (Phi) is 11.0. The molecule has 1 aromatic carbocycles. The van der Waals surface area contributed by atoms with E-state index in [0.717, 1.165) is 16.8 Å². The maximum atomic E-state index is 13.7. The number of nitrogens with zero attached hydrogens (tertiary/aromatic N) is 1. The van der Waals surface area contributed by atoms with E-state index in [0.29, 0.717) is 0 Å². The summed E-state index contributed by atoms with van der Waals surface area (Å²) in [4.78, 5) is 37.5. The van der Waals surface area contributed by atoms with Gasteiger partial charge in [0.1, 0.15) is 24.6 Å². The van der Waals surface area contributed by atoms with Crippen LogP contribution in [0, 0.1) is 0 Å². The molecule has 0 saturated carbocycles. The monoisotopic (exact) mass is 531 g/mol. The predicted molar refractivity (Wildman–Crippen MR) is 127 cm³/mol. The molecule has 36 heavy (non-hydrogen) atoms. The minimum absolute atomic E-state index is 0.161. The molecule has 12 nitrogen and oxygen atoms in total. The zero-order valence-electron chi connectivity index (χ0n) is 20.3. The van der Waals surface area contributed by atoms with Crippen LogP contribution in [-0.2, 0) is 23.4 Å². The van der Waals surface area contributed by atoms with Crippen molar-refractivity contribution in [2.24, 2.45) is 0 Å². The third kappa shape index (κ3) is 8.99. The summed E-state index contributed by atoms with van der Waals surface area (Å²) in [6.07, 6.45) is -3.47. The Morgan fingerprint density at radius 1 is 1.17 bits per heavy atom. The summed E-state index contributed by atoms with van der Waals surface area (Å²) in [7, 11) is -4.28. The van der Waals surface area contributed by atoms with Gasteiger partial charge in [-0.15, -0.1) is 0 Å². The van der Waals surface area contributed by atoms with Gasteiger partial charge in [-0.1, -0.05) is 18.2 Å². The number of aliphatic hydroxyl groups is 1. The third-order valence-corrected chi connectivity index (χ3v) is 6.24. The van der Waals surface area contributed by atoms with Gasteiger partial charge in [-0.25, -0.2) is 13.8 Å². The number of aliphatic hydroxyl groups excluding tert-OH is 1. The maximum absolute atomic E-state index is 13.7. The van der Waals surface area contributed by atoms with Gasteiger partial charge in [0.15, 0.2) is 6.23 Å². The second kappa shape index (κ2) is 13.5. The van der Waals surface area contributed by atoms with Crippen molar-refractivity contribution < 1.29 is 37.4 Å². The molecule has 0 spiro atoms. The standard InChI is InChI=1S/C22H31FN3O9P/c1-14(2)33-21(29)15(3)25-36(31,35-17-8-6-5-7-9-17)32-13-18(16(4)27)34-20(12-23)26-11-10-19(28)24-22(26)30/h5-11,14-16,18,20,27H,12-13H2,1-4H3,(H,25,31)(H,24,28,30)/t15-,16-,18+,20+,36?/m0/s1. The zero-order chi connectivity index (χ0) is 26.9. The van der Waals surface area contributed by atoms with E-state index in [1.807, 2.05) is 4.98 Å². The lowest BCUT2D eigenvalue weighted by Gasteiger charge is -2.28. The number of hydrogen-bond acceptors (Lipinski definition) is 9. The number of H-pyrrole nitrogens is 1. The molecular weight excluding hydrogens is 500 g/mol. The molecule has 3 N–H and O–H groups in total. The Balaban J connectivity index is 2.23. The highest BCUT2D eigenvalue weighted by molar-refractivity contribution is 7.52. The number of para-hydroxylation sites is 1. The summed E-state index contributed by atoms with van der Waals surface area (Å²) in [5, 5.41) is 12.7. The molecule has 0 aliphatic heterocycles. The van der Waals surface area contributed by atoms with Gasteiger partial charge >= 0.3 is 19.4 Å². The first-order valence-electron chi connectivity index (χ1n) is 11.1. The van der Waals surface area contributed by atoms with Gasteiger partial charge in [-0.2, -0.15) is 5.09 Å².